The van der Waals surface area contributed by atoms with Crippen molar-refractivity contribution in [2.45, 2.75) is 58.1 Å². The Morgan fingerprint density at radius 1 is 1.40 bits per heavy atom. The Morgan fingerprint density at radius 3 is 3.15 bits per heavy atom. The summed E-state index contributed by atoms with van der Waals surface area (Å²) < 4.78 is 7.25. The Labute approximate surface area is 118 Å². The number of aryl methyl sites for hydroxylation is 2. The minimum absolute atomic E-state index is 0.324. The minimum atomic E-state index is -0.324. The van der Waals surface area contributed by atoms with E-state index < -0.39 is 0 Å². The summed E-state index contributed by atoms with van der Waals surface area (Å²) in [4.78, 5) is 4.38. The van der Waals surface area contributed by atoms with Crippen LogP contribution in [0.5, 0.6) is 0 Å². The van der Waals surface area contributed by atoms with Crippen LogP contribution in [0.1, 0.15) is 61.6 Å². The molecule has 2 heterocycles. The van der Waals surface area contributed by atoms with E-state index in [4.69, 9.17) is 4.52 Å². The van der Waals surface area contributed by atoms with Crippen molar-refractivity contribution in [3.05, 3.63) is 35.2 Å². The summed E-state index contributed by atoms with van der Waals surface area (Å²) in [5, 5.41) is 14.1. The van der Waals surface area contributed by atoms with Gasteiger partial charge in [-0.1, -0.05) is 18.5 Å². The predicted molar refractivity (Wildman–Crippen MR) is 74.3 cm³/mol. The molecule has 1 unspecified atom stereocenters. The number of aromatic nitrogens is 3. The van der Waals surface area contributed by atoms with E-state index in [1.165, 1.54) is 5.56 Å². The lowest BCUT2D eigenvalue weighted by atomic mass is 10.1. The highest BCUT2D eigenvalue weighted by atomic mass is 16.5. The fourth-order valence-corrected chi connectivity index (χ4v) is 2.82. The molecular weight excluding hydrogens is 254 g/mol. The molecule has 0 saturated heterocycles. The second-order valence-electron chi connectivity index (χ2n) is 5.53. The molecule has 0 saturated carbocycles. The number of hydrogen-bond donors (Lipinski definition) is 1. The van der Waals surface area contributed by atoms with Crippen LogP contribution in [-0.2, 0) is 19.4 Å². The van der Waals surface area contributed by atoms with E-state index in [1.807, 2.05) is 6.20 Å². The topological polar surface area (TPSA) is 64.1 Å². The minimum Gasteiger partial charge on any atom is -0.388 e. The van der Waals surface area contributed by atoms with E-state index in [-0.39, 0.29) is 6.10 Å². The molecule has 0 aromatic carbocycles. The van der Waals surface area contributed by atoms with Crippen molar-refractivity contribution in [3.8, 4) is 0 Å². The first-order valence-corrected chi connectivity index (χ1v) is 7.44. The highest BCUT2D eigenvalue weighted by Crippen LogP contribution is 2.29. The van der Waals surface area contributed by atoms with Crippen molar-refractivity contribution in [2.75, 3.05) is 0 Å². The summed E-state index contributed by atoms with van der Waals surface area (Å²) >= 11 is 0. The van der Waals surface area contributed by atoms with Crippen LogP contribution >= 0.6 is 0 Å². The van der Waals surface area contributed by atoms with Gasteiger partial charge in [0, 0.05) is 24.4 Å². The smallest absolute Gasteiger partial charge is 0.226 e. The number of rotatable bonds is 4. The average Bonchev–Trinajstić information content (AvgIpc) is 2.99. The monoisotopic (exact) mass is 275 g/mol. The molecule has 1 aliphatic carbocycles. The van der Waals surface area contributed by atoms with Gasteiger partial charge in [0.1, 0.15) is 0 Å². The molecule has 3 rings (SSSR count). The molecule has 0 spiro atoms. The predicted octanol–water partition coefficient (Wildman–Crippen LogP) is 2.63. The molecule has 1 atom stereocenters. The van der Waals surface area contributed by atoms with Gasteiger partial charge in [-0.3, -0.25) is 0 Å². The van der Waals surface area contributed by atoms with Gasteiger partial charge in [0.05, 0.1) is 12.6 Å². The van der Waals surface area contributed by atoms with Gasteiger partial charge in [-0.2, -0.15) is 4.98 Å². The third-order valence-corrected chi connectivity index (χ3v) is 3.83. The lowest BCUT2D eigenvalue weighted by molar-refractivity contribution is 0.166. The molecular formula is C15H21N3O2. The molecule has 0 radical (unpaired) electrons. The molecule has 5 heteroatoms. The Kier molecular flexibility index (Phi) is 3.87. The first kappa shape index (κ1) is 13.4. The fraction of sp³-hybridized carbons (Fsp3) is 0.600. The van der Waals surface area contributed by atoms with Crippen LogP contribution in [0.15, 0.2) is 16.9 Å². The molecule has 0 bridgehead atoms. The van der Waals surface area contributed by atoms with Gasteiger partial charge < -0.3 is 14.2 Å². The number of nitrogens with zero attached hydrogens (tertiary/aromatic N) is 3. The van der Waals surface area contributed by atoms with Crippen LogP contribution in [0.25, 0.3) is 0 Å². The molecule has 1 N–H and O–H groups in total. The van der Waals surface area contributed by atoms with Crippen LogP contribution in [0.2, 0.25) is 0 Å². The third kappa shape index (κ3) is 2.77. The molecule has 2 aromatic rings. The number of aliphatic hydroxyl groups is 1. The normalized spacial score (nSPS) is 18.8. The van der Waals surface area contributed by atoms with E-state index in [1.54, 1.807) is 0 Å². The summed E-state index contributed by atoms with van der Waals surface area (Å²) in [6, 6.07) is 0. The zero-order valence-electron chi connectivity index (χ0n) is 11.9. The standard InChI is InChI=1S/C15H21N3O2/c1-2-5-15-16-14(17-20-15)10-18-8-11-6-3-4-7-13(19)12(11)9-18/h8-9,13,19H,2-7,10H2,1H3. The molecule has 2 aromatic heterocycles. The van der Waals surface area contributed by atoms with Crippen molar-refractivity contribution < 1.29 is 9.63 Å². The van der Waals surface area contributed by atoms with E-state index >= 15 is 0 Å². The van der Waals surface area contributed by atoms with E-state index in [2.05, 4.69) is 27.8 Å². The molecule has 108 valence electrons. The lowest BCUT2D eigenvalue weighted by Crippen LogP contribution is -2.00. The first-order valence-electron chi connectivity index (χ1n) is 7.44. The maximum absolute atomic E-state index is 10.1. The van der Waals surface area contributed by atoms with Crippen LogP contribution in [0.3, 0.4) is 0 Å². The second-order valence-corrected chi connectivity index (χ2v) is 5.53. The van der Waals surface area contributed by atoms with Gasteiger partial charge >= 0.3 is 0 Å². The summed E-state index contributed by atoms with van der Waals surface area (Å²) in [6.07, 6.45) is 9.81. The lowest BCUT2D eigenvalue weighted by Gasteiger charge is -2.05. The third-order valence-electron chi connectivity index (χ3n) is 3.83. The Bertz CT molecular complexity index is 573. The average molecular weight is 275 g/mol. The molecule has 20 heavy (non-hydrogen) atoms. The maximum Gasteiger partial charge on any atom is 0.226 e. The highest BCUT2D eigenvalue weighted by Gasteiger charge is 2.18. The van der Waals surface area contributed by atoms with E-state index in [0.29, 0.717) is 18.3 Å². The van der Waals surface area contributed by atoms with Crippen LogP contribution in [-0.4, -0.2) is 19.8 Å². The van der Waals surface area contributed by atoms with E-state index in [0.717, 1.165) is 44.1 Å². The van der Waals surface area contributed by atoms with Gasteiger partial charge in [0.25, 0.3) is 0 Å². The van der Waals surface area contributed by atoms with E-state index in [9.17, 15) is 5.11 Å². The van der Waals surface area contributed by atoms with Crippen molar-refractivity contribution in [3.63, 3.8) is 0 Å². The zero-order valence-corrected chi connectivity index (χ0v) is 11.9. The largest absolute Gasteiger partial charge is 0.388 e. The molecule has 0 fully saturated rings. The Morgan fingerprint density at radius 2 is 2.30 bits per heavy atom. The first-order chi connectivity index (χ1) is 9.76. The second kappa shape index (κ2) is 5.79. The number of aliphatic hydroxyl groups excluding tert-OH is 1. The maximum atomic E-state index is 10.1. The van der Waals surface area contributed by atoms with Crippen LogP contribution in [0.4, 0.5) is 0 Å². The fourth-order valence-electron chi connectivity index (χ4n) is 2.82. The van der Waals surface area contributed by atoms with Crippen LogP contribution in [0, 0.1) is 0 Å². The Balaban J connectivity index is 1.76. The quantitative estimate of drug-likeness (QED) is 0.871. The van der Waals surface area contributed by atoms with Gasteiger partial charge in [-0.25, -0.2) is 0 Å². The summed E-state index contributed by atoms with van der Waals surface area (Å²) in [7, 11) is 0. The van der Waals surface area contributed by atoms with Gasteiger partial charge in [-0.05, 0) is 31.2 Å². The SMILES string of the molecule is CCCc1nc(Cn2cc3c(c2)C(O)CCCC3)no1. The van der Waals surface area contributed by atoms with Gasteiger partial charge in [0.15, 0.2) is 5.82 Å². The Hall–Kier alpha value is -1.62. The van der Waals surface area contributed by atoms with Crippen molar-refractivity contribution >= 4 is 0 Å². The van der Waals surface area contributed by atoms with Gasteiger partial charge in [0.2, 0.25) is 5.89 Å². The van der Waals surface area contributed by atoms with Gasteiger partial charge in [-0.15, -0.1) is 0 Å². The summed E-state index contributed by atoms with van der Waals surface area (Å²) in [6.45, 7) is 2.70. The van der Waals surface area contributed by atoms with Crippen molar-refractivity contribution in [1.29, 1.82) is 0 Å². The number of hydrogen-bond acceptors (Lipinski definition) is 4. The zero-order chi connectivity index (χ0) is 13.9. The highest BCUT2D eigenvalue weighted by molar-refractivity contribution is 5.28. The van der Waals surface area contributed by atoms with Crippen molar-refractivity contribution in [1.82, 2.24) is 14.7 Å². The van der Waals surface area contributed by atoms with Crippen molar-refractivity contribution in [2.24, 2.45) is 0 Å². The number of fused-ring (bicyclic) bond motifs is 1. The molecule has 1 aliphatic rings. The molecule has 0 amide bonds. The molecule has 0 aliphatic heterocycles. The molecule has 5 nitrogen and oxygen atoms in total. The summed E-state index contributed by atoms with van der Waals surface area (Å²) in [5.74, 6) is 1.41. The van der Waals surface area contributed by atoms with Crippen LogP contribution < -0.4 is 0 Å². The summed E-state index contributed by atoms with van der Waals surface area (Å²) in [5.41, 5.74) is 2.33.